The van der Waals surface area contributed by atoms with Gasteiger partial charge in [0.2, 0.25) is 41.6 Å². The number of nitrogens with two attached hydrogens (primary N) is 5. The number of nitrogens with one attached hydrogen (secondary N) is 3. The summed E-state index contributed by atoms with van der Waals surface area (Å²) in [5.41, 5.74) is 22.3. The van der Waals surface area contributed by atoms with Crippen LogP contribution in [-0.2, 0) is 61.4 Å². The third-order valence-electron chi connectivity index (χ3n) is 22.1. The maximum absolute atomic E-state index is 12.5. The molecule has 0 bridgehead atoms. The SMILES string of the molecule is C.C.C.C.C.C.CC(C)(C)C(=O)Nc1nc(Cl)c2c(I)c[nH]c2n1.COC(=O)/C=C/c1cn(C2O[C@H](CO)[C@@H](O)[C@@]2(C)O)c2nc(N)nc(N)c12.C[C@]1(O)C(n2cc(I)c3c(Cl)nc(N)nc32)O[C@H](CO)[C@H]1O.C[C@]1(O)C(n2cc(I)c3c(N)nc(N)nc32)O[C@H](CO)[C@H]1O.N.[2HH].[2HH].[2H]B(C)OC[C@H]1OC(Br)[C@](C)(O)[C@@H]1OB([2H])C.[2H]B(C)OC[C@H]1OC(n2cc(I)c3c(Cl)nc(NC(=O)C(C)(C)C)nc32)[C@](C)(O)[C@@H]1OB([2H])C.[B]. The van der Waals surface area contributed by atoms with Crippen LogP contribution >= 0.6 is 141 Å². The minimum atomic E-state index is -1.74. The molecule has 2 amide bonds. The van der Waals surface area contributed by atoms with Gasteiger partial charge in [0.15, 0.2) is 36.2 Å². The van der Waals surface area contributed by atoms with Crippen molar-refractivity contribution < 1.29 is 120 Å². The van der Waals surface area contributed by atoms with Crippen molar-refractivity contribution in [3.63, 3.8) is 0 Å². The van der Waals surface area contributed by atoms with E-state index in [2.05, 4.69) is 176 Å². The molecule has 27 N–H and O–H groups in total. The fourth-order valence-electron chi connectivity index (χ4n) is 14.9. The van der Waals surface area contributed by atoms with E-state index in [9.17, 15) is 70.6 Å². The molecule has 60 heteroatoms. The van der Waals surface area contributed by atoms with Crippen LogP contribution in [0.3, 0.4) is 0 Å². The van der Waals surface area contributed by atoms with Crippen molar-refractivity contribution in [2.45, 2.75) is 267 Å². The Morgan fingerprint density at radius 1 is 0.507 bits per heavy atom. The minimum Gasteiger partial charge on any atom is -0.466 e. The van der Waals surface area contributed by atoms with Gasteiger partial charge in [-0.2, -0.15) is 44.9 Å². The lowest BCUT2D eigenvalue weighted by atomic mass is 9.93. The Kier molecular flexibility index (Phi) is 47.8. The Bertz CT molecular complexity index is 6060. The molecular weight excluding hydrogens is 2460 g/mol. The molecule has 144 heavy (non-hydrogen) atoms. The van der Waals surface area contributed by atoms with Crippen LogP contribution in [0.1, 0.15) is 154 Å². The number of methoxy groups -OCH3 is 1. The van der Waals surface area contributed by atoms with Gasteiger partial charge in [0, 0.05) is 84.3 Å². The average Bonchev–Trinajstić information content (AvgIpc) is 1.54. The van der Waals surface area contributed by atoms with Crippen molar-refractivity contribution in [1.82, 2.24) is 79.2 Å². The van der Waals surface area contributed by atoms with Crippen molar-refractivity contribution in [3.8, 4) is 0 Å². The molecule has 5 unspecified atom stereocenters. The second-order valence-corrected chi connectivity index (χ2v) is 40.9. The number of H-pyrrole nitrogens is 1. The van der Waals surface area contributed by atoms with E-state index in [0.717, 1.165) is 19.7 Å². The molecule has 20 atom stereocenters. The van der Waals surface area contributed by atoms with E-state index in [1.807, 2.05) is 20.8 Å². The summed E-state index contributed by atoms with van der Waals surface area (Å²) in [6, 6.07) is 0. The molecule has 0 aliphatic carbocycles. The third kappa shape index (κ3) is 28.7. The second-order valence-electron chi connectivity index (χ2n) is 34.4. The molecule has 5 fully saturated rings. The topological polar surface area (TPSA) is 720 Å². The zero-order valence-corrected chi connectivity index (χ0v) is 89.7. The van der Waals surface area contributed by atoms with E-state index in [1.54, 1.807) is 100 Å². The number of nitrogens with zero attached hydrogens (tertiary/aromatic N) is 14. The number of aliphatic hydroxyl groups excluding tert-OH is 6. The van der Waals surface area contributed by atoms with Gasteiger partial charge in [0.1, 0.15) is 138 Å². The number of alkyl halides is 1. The fourth-order valence-corrected chi connectivity index (χ4v) is 19.8. The van der Waals surface area contributed by atoms with E-state index in [-0.39, 0.29) is 144 Å². The molecule has 3 radical (unpaired) electrons. The number of hydrogen-bond acceptors (Lipinski definition) is 40. The van der Waals surface area contributed by atoms with Crippen LogP contribution < -0.4 is 45.5 Å². The van der Waals surface area contributed by atoms with E-state index in [4.69, 9.17) is 111 Å². The molecule has 47 nitrogen and oxygen atoms in total. The number of hydrogen-bond donors (Lipinski definition) is 20. The summed E-state index contributed by atoms with van der Waals surface area (Å²) >= 11 is 30.2. The first-order valence-corrected chi connectivity index (χ1v) is 47.7. The zero-order chi connectivity index (χ0) is 105. The fraction of sp³-hybridized carbons (Fsp3) is 0.583. The lowest BCUT2D eigenvalue weighted by Gasteiger charge is -2.30. The van der Waals surface area contributed by atoms with Gasteiger partial charge < -0.3 is 161 Å². The molecule has 15 heterocycles. The number of rotatable bonds is 21. The van der Waals surface area contributed by atoms with Gasteiger partial charge in [-0.05, 0) is 131 Å². The highest BCUT2D eigenvalue weighted by Gasteiger charge is 2.58. The summed E-state index contributed by atoms with van der Waals surface area (Å²) < 4.78 is 94.1. The molecule has 10 aromatic heterocycles. The Hall–Kier alpha value is -6.00. The van der Waals surface area contributed by atoms with E-state index in [1.165, 1.54) is 50.8 Å². The third-order valence-corrected chi connectivity index (χ3v) is 27.3. The summed E-state index contributed by atoms with van der Waals surface area (Å²) in [7, 11) is -1.90. The number of ether oxygens (including phenoxy) is 6. The second kappa shape index (κ2) is 54.3. The highest BCUT2D eigenvalue weighted by molar-refractivity contribution is 14.1. The number of aromatic nitrogens is 15. The summed E-state index contributed by atoms with van der Waals surface area (Å²) in [6.45, 7) is 23.3. The zero-order valence-electron chi connectivity index (χ0n) is 81.2. The Balaban J connectivity index is 0.00000178. The predicted molar refractivity (Wildman–Crippen MR) is 604 cm³/mol. The highest BCUT2D eigenvalue weighted by atomic mass is 127. The molecule has 0 aromatic carbocycles. The van der Waals surface area contributed by atoms with Crippen molar-refractivity contribution in [2.75, 3.05) is 79.4 Å². The van der Waals surface area contributed by atoms with Crippen LogP contribution in [0.5, 0.6) is 0 Å². The molecule has 5 aliphatic rings. The molecule has 5 saturated heterocycles. The molecule has 0 spiro atoms. The number of esters is 1. The minimum absolute atomic E-state index is 0. The van der Waals surface area contributed by atoms with Crippen LogP contribution in [0.4, 0.5) is 41.4 Å². The first-order chi connectivity index (χ1) is 64.9. The largest absolute Gasteiger partial charge is 0.466 e. The number of aromatic amines is 1. The maximum atomic E-state index is 12.5. The molecule has 15 rings (SSSR count). The van der Waals surface area contributed by atoms with Crippen molar-refractivity contribution in [3.05, 3.63) is 72.4 Å². The normalized spacial score (nSPS) is 26.9. The molecule has 0 saturated carbocycles. The van der Waals surface area contributed by atoms with Gasteiger partial charge in [-0.3, -0.25) is 20.2 Å². The number of carbonyl (C=O) groups is 3. The summed E-state index contributed by atoms with van der Waals surface area (Å²) in [5, 5.41) is 120. The van der Waals surface area contributed by atoms with Gasteiger partial charge >= 0.3 is 5.97 Å². The summed E-state index contributed by atoms with van der Waals surface area (Å²) in [5.74, 6) is -0.584. The van der Waals surface area contributed by atoms with Crippen LogP contribution in [0.2, 0.25) is 42.8 Å². The Morgan fingerprint density at radius 3 is 1.23 bits per heavy atom. The van der Waals surface area contributed by atoms with Crippen molar-refractivity contribution >= 4 is 300 Å². The molecule has 5 aliphatic heterocycles. The first-order valence-electron chi connectivity index (χ1n) is 43.7. The van der Waals surface area contributed by atoms with Crippen LogP contribution in [0, 0.1) is 25.1 Å². The van der Waals surface area contributed by atoms with Gasteiger partial charge in [-0.25, -0.2) is 9.78 Å². The molecule has 805 valence electrons. The average molecular weight is 2610 g/mol. The quantitative estimate of drug-likeness (QED) is 0.00805. The number of halogens is 8. The van der Waals surface area contributed by atoms with Crippen LogP contribution in [0.15, 0.2) is 37.1 Å². The van der Waals surface area contributed by atoms with E-state index < -0.39 is 185 Å². The van der Waals surface area contributed by atoms with Crippen LogP contribution in [-0.4, -0.2) is 325 Å². The maximum Gasteiger partial charge on any atom is 0.330 e. The number of carbonyl (C=O) groups excluding carboxylic acids is 3. The van der Waals surface area contributed by atoms with Gasteiger partial charge in [0.25, 0.3) is 29.8 Å². The Morgan fingerprint density at radius 2 is 0.840 bits per heavy atom. The standard InChI is InChI=1S/C19H28B2ClIN4O5.C16H21N5O6.C12H14ClIN4O4.C12H16IN5O4.C11H12ClIN4O.C8H17B2BrO4.6CH4.B.H3N.2H2/c1-18(2,3)15(28)26-17-24-13(22)11-9(23)7-27(14(11)25-17)16-19(4,29)12(32-21-6)10(31-16)8-30-20-5;1-16(25)11(24)8(6-22)27-14(16)21-5-7(3-4-9(23)26-2)10-12(17)19-15(18)20-13(10)21;1-12(21)7(20)5(3-19)22-10(12)18-2-4(14)6-8(13)16-11(15)17-9(6)18;1-12(21)7(20)5(3-19)22-10(12)18-2-4(13)6-8(14)16-11(15)17-9(6)18;1-11(2,3)9(18)17-10-15-7(12)6-5(13)4-14-8(6)16-10;1-8(12)6(15-10-3)5(4-13-9-2)14-7(8)11;;;;;;;;;;/h7,10,12,16,20-21,29H,8H2,1-6H3,(H,24,25,26,28);3-5,8,11,14,22,24-25H,6H2,1-2H3,(H4,17,18,19,20);2,5,7,10,19-21H,3H2,1H3,(H2,15,16,17);2,5,7,10,19-21H,3H2,1H3,(H4,14,15,16,17);4H,1-3H3,(H2,14,15,16,17,18);5-7,9-10,12H,4H2,1-3H3;6*1H4;;1H3;2*1H/b;4-3+;;;;;;;;;;;;;;/t10-,12-,16?,19-;8-,11-,14?,16-;2*5-,7-,10?,12-;;5-,6-,7?,8-;;;;;;;;;;/m1111.1........../s1/i20D,21D;;;;;9D,10D;;;;;;;;;2*1+1. The first kappa shape index (κ1) is 127. The number of nitrogen functional groups attached to an aromatic ring is 5. The summed E-state index contributed by atoms with van der Waals surface area (Å²) in [4.78, 5) is 80.0. The highest BCUT2D eigenvalue weighted by Crippen LogP contribution is 2.48. The lowest BCUT2D eigenvalue weighted by molar-refractivity contribution is -0.134. The van der Waals surface area contributed by atoms with Crippen molar-refractivity contribution in [2.24, 2.45) is 10.8 Å². The monoisotopic (exact) mass is 2610 g/mol. The van der Waals surface area contributed by atoms with Gasteiger partial charge in [0.05, 0.1) is 67.1 Å². The van der Waals surface area contributed by atoms with Gasteiger partial charge in [-0.15, -0.1) is 0 Å². The smallest absolute Gasteiger partial charge is 0.330 e. The van der Waals surface area contributed by atoms with Crippen molar-refractivity contribution in [1.29, 1.82) is 5.34 Å². The summed E-state index contributed by atoms with van der Waals surface area (Å²) in [6.07, 6.45) is -2.33. The number of amides is 2. The number of aliphatic hydroxyl groups is 11. The molecule has 10 aromatic rings. The van der Waals surface area contributed by atoms with E-state index in [0.29, 0.717) is 54.9 Å². The predicted octanol–water partition coefficient (Wildman–Crippen LogP) is 8.13. The number of anilines is 7. The van der Waals surface area contributed by atoms with Crippen LogP contribution in [0.25, 0.3) is 61.2 Å². The number of fused-ring (bicyclic) bond motifs is 5. The van der Waals surface area contributed by atoms with Gasteiger partial charge in [-0.1, -0.05) is 164 Å². The Labute approximate surface area is 926 Å². The molecular formula is C84H139B5BrCl3I4N23O24. The van der Waals surface area contributed by atoms with E-state index >= 15 is 0 Å². The lowest BCUT2D eigenvalue weighted by Crippen LogP contribution is -2.46.